The summed E-state index contributed by atoms with van der Waals surface area (Å²) in [4.78, 5) is 14.4. The quantitative estimate of drug-likeness (QED) is 0.412. The molecule has 3 nitrogen and oxygen atoms in total. The Bertz CT molecular complexity index is 120. The van der Waals surface area contributed by atoms with E-state index >= 15 is 0 Å². The van der Waals surface area contributed by atoms with Crippen molar-refractivity contribution in [2.75, 3.05) is 7.05 Å². The first-order valence-electron chi connectivity index (χ1n) is 3.03. The number of carbonyl (C=O) groups excluding carboxylic acids is 1. The molecule has 3 heteroatoms. The topological polar surface area (TPSA) is 29.5 Å². The van der Waals surface area contributed by atoms with Gasteiger partial charge >= 0.3 is 6.47 Å². The molecule has 1 saturated carbocycles. The van der Waals surface area contributed by atoms with Crippen LogP contribution >= 0.6 is 0 Å². The minimum absolute atomic E-state index is 0.140. The van der Waals surface area contributed by atoms with Crippen LogP contribution in [0, 0.1) is 0 Å². The molecule has 1 aliphatic carbocycles. The van der Waals surface area contributed by atoms with Crippen molar-refractivity contribution in [3.8, 4) is 0 Å². The van der Waals surface area contributed by atoms with Crippen LogP contribution in [0.2, 0.25) is 0 Å². The lowest BCUT2D eigenvalue weighted by Gasteiger charge is -2.19. The van der Waals surface area contributed by atoms with E-state index in [4.69, 9.17) is 0 Å². The lowest BCUT2D eigenvalue weighted by atomic mass is 10.3. The third-order valence-electron chi connectivity index (χ3n) is 1.93. The maximum Gasteiger partial charge on any atom is 0.313 e. The van der Waals surface area contributed by atoms with Crippen LogP contribution in [0.1, 0.15) is 19.8 Å². The van der Waals surface area contributed by atoms with Crippen molar-refractivity contribution >= 4 is 6.47 Å². The molecule has 0 aliphatic heterocycles. The van der Waals surface area contributed by atoms with Gasteiger partial charge in [0, 0.05) is 7.05 Å². The monoisotopic (exact) mass is 129 g/mol. The molecule has 0 bridgehead atoms. The highest BCUT2D eigenvalue weighted by Crippen LogP contribution is 2.39. The van der Waals surface area contributed by atoms with E-state index < -0.39 is 0 Å². The summed E-state index contributed by atoms with van der Waals surface area (Å²) in [5.41, 5.74) is 0.140. The van der Waals surface area contributed by atoms with Gasteiger partial charge in [-0.1, -0.05) is 0 Å². The van der Waals surface area contributed by atoms with Gasteiger partial charge in [-0.3, -0.25) is 4.79 Å². The Kier molecular flexibility index (Phi) is 1.45. The zero-order valence-electron chi connectivity index (χ0n) is 5.76. The van der Waals surface area contributed by atoms with Gasteiger partial charge in [-0.2, -0.15) is 0 Å². The lowest BCUT2D eigenvalue weighted by Crippen LogP contribution is -2.30. The molecule has 0 heterocycles. The molecule has 0 radical (unpaired) electrons. The zero-order valence-corrected chi connectivity index (χ0v) is 5.76. The molecule has 0 aromatic carbocycles. The first-order valence-corrected chi connectivity index (χ1v) is 3.03. The molecule has 52 valence electrons. The van der Waals surface area contributed by atoms with Gasteiger partial charge in [0.05, 0.1) is 5.54 Å². The van der Waals surface area contributed by atoms with Crippen LogP contribution in [0.3, 0.4) is 0 Å². The fourth-order valence-electron chi connectivity index (χ4n) is 0.688. The fraction of sp³-hybridized carbons (Fsp3) is 0.833. The van der Waals surface area contributed by atoms with E-state index in [1.165, 1.54) is 0 Å². The Hall–Kier alpha value is -0.570. The van der Waals surface area contributed by atoms with Crippen LogP contribution in [0.5, 0.6) is 0 Å². The first-order chi connectivity index (χ1) is 4.19. The van der Waals surface area contributed by atoms with Crippen molar-refractivity contribution in [1.29, 1.82) is 0 Å². The Morgan fingerprint density at radius 3 is 2.56 bits per heavy atom. The molecule has 0 unspecified atom stereocenters. The Morgan fingerprint density at radius 1 is 1.67 bits per heavy atom. The fourth-order valence-corrected chi connectivity index (χ4v) is 0.688. The average Bonchev–Trinajstić information content (AvgIpc) is 2.50. The molecule has 0 aromatic rings. The van der Waals surface area contributed by atoms with Crippen molar-refractivity contribution in [1.82, 2.24) is 5.06 Å². The molecule has 1 fully saturated rings. The molecular weight excluding hydrogens is 118 g/mol. The van der Waals surface area contributed by atoms with Gasteiger partial charge in [0.1, 0.15) is 0 Å². The average molecular weight is 129 g/mol. The van der Waals surface area contributed by atoms with Crippen molar-refractivity contribution in [2.24, 2.45) is 0 Å². The van der Waals surface area contributed by atoms with Gasteiger partial charge in [0.2, 0.25) is 0 Å². The molecular formula is C6H11NO2. The largest absolute Gasteiger partial charge is 0.371 e. The molecule has 0 amide bonds. The van der Waals surface area contributed by atoms with Gasteiger partial charge in [0.25, 0.3) is 0 Å². The summed E-state index contributed by atoms with van der Waals surface area (Å²) < 4.78 is 0. The van der Waals surface area contributed by atoms with Crippen molar-refractivity contribution in [3.63, 3.8) is 0 Å². The SMILES string of the molecule is CN(OC=O)C1(C)CC1. The smallest absolute Gasteiger partial charge is 0.313 e. The summed E-state index contributed by atoms with van der Waals surface area (Å²) in [5.74, 6) is 0. The number of nitrogens with zero attached hydrogens (tertiary/aromatic N) is 1. The molecule has 0 spiro atoms. The van der Waals surface area contributed by atoms with Crippen LogP contribution in [-0.2, 0) is 9.63 Å². The molecule has 0 atom stereocenters. The van der Waals surface area contributed by atoms with E-state index in [-0.39, 0.29) is 5.54 Å². The van der Waals surface area contributed by atoms with E-state index in [2.05, 4.69) is 11.8 Å². The number of hydrogen-bond acceptors (Lipinski definition) is 3. The molecule has 0 N–H and O–H groups in total. The summed E-state index contributed by atoms with van der Waals surface area (Å²) >= 11 is 0. The second kappa shape index (κ2) is 1.99. The highest BCUT2D eigenvalue weighted by molar-refractivity contribution is 5.36. The van der Waals surface area contributed by atoms with Gasteiger partial charge in [0.15, 0.2) is 0 Å². The second-order valence-corrected chi connectivity index (χ2v) is 2.70. The summed E-state index contributed by atoms with van der Waals surface area (Å²) in [7, 11) is 1.78. The number of hydrogen-bond donors (Lipinski definition) is 0. The van der Waals surface area contributed by atoms with E-state index in [1.807, 2.05) is 0 Å². The summed E-state index contributed by atoms with van der Waals surface area (Å²) in [6.07, 6.45) is 2.24. The maximum absolute atomic E-state index is 9.83. The second-order valence-electron chi connectivity index (χ2n) is 2.70. The van der Waals surface area contributed by atoms with Crippen molar-refractivity contribution in [3.05, 3.63) is 0 Å². The first kappa shape index (κ1) is 6.55. The Balaban J connectivity index is 2.32. The summed E-state index contributed by atoms with van der Waals surface area (Å²) in [6.45, 7) is 2.53. The van der Waals surface area contributed by atoms with E-state index in [0.29, 0.717) is 6.47 Å². The van der Waals surface area contributed by atoms with Gasteiger partial charge in [-0.15, -0.1) is 5.06 Å². The van der Waals surface area contributed by atoms with Gasteiger partial charge in [-0.05, 0) is 19.8 Å². The molecule has 1 rings (SSSR count). The standard InChI is InChI=1S/C6H11NO2/c1-6(3-4-6)7(2)9-5-8/h5H,3-4H2,1-2H3. The summed E-state index contributed by atoms with van der Waals surface area (Å²) in [6, 6.07) is 0. The zero-order chi connectivity index (χ0) is 6.91. The minimum Gasteiger partial charge on any atom is -0.371 e. The Labute approximate surface area is 54.5 Å². The predicted molar refractivity (Wildman–Crippen MR) is 32.6 cm³/mol. The van der Waals surface area contributed by atoms with Crippen molar-refractivity contribution in [2.45, 2.75) is 25.3 Å². The molecule has 0 aromatic heterocycles. The summed E-state index contributed by atoms with van der Waals surface area (Å²) in [5, 5.41) is 1.61. The van der Waals surface area contributed by atoms with E-state index in [0.717, 1.165) is 12.8 Å². The number of carbonyl (C=O) groups is 1. The lowest BCUT2D eigenvalue weighted by molar-refractivity contribution is -0.179. The van der Waals surface area contributed by atoms with Crippen LogP contribution in [-0.4, -0.2) is 24.1 Å². The third-order valence-corrected chi connectivity index (χ3v) is 1.93. The molecule has 0 saturated heterocycles. The normalized spacial score (nSPS) is 21.7. The van der Waals surface area contributed by atoms with Crippen LogP contribution < -0.4 is 0 Å². The Morgan fingerprint density at radius 2 is 2.22 bits per heavy atom. The van der Waals surface area contributed by atoms with Crippen LogP contribution in [0.4, 0.5) is 0 Å². The van der Waals surface area contributed by atoms with Gasteiger partial charge < -0.3 is 4.84 Å². The minimum atomic E-state index is 0.140. The molecule has 9 heavy (non-hydrogen) atoms. The highest BCUT2D eigenvalue weighted by Gasteiger charge is 2.43. The maximum atomic E-state index is 9.83. The predicted octanol–water partition coefficient (Wildman–Crippen LogP) is 0.559. The van der Waals surface area contributed by atoms with Gasteiger partial charge in [-0.25, -0.2) is 0 Å². The number of rotatable bonds is 3. The van der Waals surface area contributed by atoms with Crippen molar-refractivity contribution < 1.29 is 9.63 Å². The number of hydroxylamine groups is 2. The van der Waals surface area contributed by atoms with Crippen LogP contribution in [0.25, 0.3) is 0 Å². The highest BCUT2D eigenvalue weighted by atomic mass is 16.7. The third kappa shape index (κ3) is 1.21. The van der Waals surface area contributed by atoms with Crippen LogP contribution in [0.15, 0.2) is 0 Å². The van der Waals surface area contributed by atoms with E-state index in [9.17, 15) is 4.79 Å². The van der Waals surface area contributed by atoms with E-state index in [1.54, 1.807) is 12.1 Å². The molecule has 1 aliphatic rings.